The molecule has 1 aromatic rings. The fourth-order valence-electron chi connectivity index (χ4n) is 1.39. The van der Waals surface area contributed by atoms with E-state index in [2.05, 4.69) is 10.0 Å². The van der Waals surface area contributed by atoms with E-state index < -0.39 is 10.0 Å². The van der Waals surface area contributed by atoms with Gasteiger partial charge in [0.2, 0.25) is 10.0 Å². The number of sulfonamides is 1. The average molecular weight is 274 g/mol. The van der Waals surface area contributed by atoms with E-state index in [9.17, 15) is 8.42 Å². The van der Waals surface area contributed by atoms with Crippen LogP contribution in [0.5, 0.6) is 0 Å². The fourth-order valence-corrected chi connectivity index (χ4v) is 2.93. The third kappa shape index (κ3) is 4.67. The highest BCUT2D eigenvalue weighted by molar-refractivity contribution is 7.98. The van der Waals surface area contributed by atoms with Crippen LogP contribution in [-0.2, 0) is 16.6 Å². The molecule has 0 heterocycles. The van der Waals surface area contributed by atoms with Crippen LogP contribution in [0.1, 0.15) is 5.56 Å². The zero-order chi connectivity index (χ0) is 12.7. The van der Waals surface area contributed by atoms with Crippen LogP contribution in [0, 0.1) is 0 Å². The van der Waals surface area contributed by atoms with Crippen molar-refractivity contribution in [3.05, 3.63) is 29.8 Å². The van der Waals surface area contributed by atoms with Crippen molar-refractivity contribution in [3.8, 4) is 0 Å². The fraction of sp³-hybridized carbons (Fsp3) is 0.455. The van der Waals surface area contributed by atoms with E-state index in [0.717, 1.165) is 11.3 Å². The van der Waals surface area contributed by atoms with Gasteiger partial charge in [-0.2, -0.15) is 11.8 Å². The molecule has 0 bridgehead atoms. The Morgan fingerprint density at radius 2 is 2.12 bits per heavy atom. The first kappa shape index (κ1) is 14.5. The molecule has 17 heavy (non-hydrogen) atoms. The van der Waals surface area contributed by atoms with E-state index in [1.54, 1.807) is 30.0 Å². The van der Waals surface area contributed by atoms with Gasteiger partial charge in [-0.05, 0) is 31.0 Å². The molecule has 0 spiro atoms. The minimum absolute atomic E-state index is 0.325. The van der Waals surface area contributed by atoms with E-state index in [4.69, 9.17) is 0 Å². The van der Waals surface area contributed by atoms with Crippen molar-refractivity contribution in [3.63, 3.8) is 0 Å². The Labute approximate surface area is 107 Å². The van der Waals surface area contributed by atoms with Gasteiger partial charge in [-0.3, -0.25) is 0 Å². The molecule has 0 radical (unpaired) electrons. The second kappa shape index (κ2) is 7.00. The summed E-state index contributed by atoms with van der Waals surface area (Å²) >= 11 is 1.61. The minimum atomic E-state index is -3.36. The van der Waals surface area contributed by atoms with Gasteiger partial charge in [-0.1, -0.05) is 12.1 Å². The summed E-state index contributed by atoms with van der Waals surface area (Å²) in [5.41, 5.74) is 0.959. The van der Waals surface area contributed by atoms with Crippen molar-refractivity contribution in [1.29, 1.82) is 0 Å². The summed E-state index contributed by atoms with van der Waals surface area (Å²) in [6.45, 7) is 1.12. The Morgan fingerprint density at radius 1 is 1.35 bits per heavy atom. The zero-order valence-corrected chi connectivity index (χ0v) is 11.7. The summed E-state index contributed by atoms with van der Waals surface area (Å²) in [4.78, 5) is 0.325. The summed E-state index contributed by atoms with van der Waals surface area (Å²) in [6, 6.07) is 6.96. The van der Waals surface area contributed by atoms with Crippen molar-refractivity contribution >= 4 is 21.8 Å². The average Bonchev–Trinajstić information content (AvgIpc) is 2.30. The molecule has 0 saturated heterocycles. The maximum Gasteiger partial charge on any atom is 0.240 e. The van der Waals surface area contributed by atoms with E-state index in [1.807, 2.05) is 19.4 Å². The Hall–Kier alpha value is -0.560. The largest absolute Gasteiger partial charge is 0.316 e. The second-order valence-electron chi connectivity index (χ2n) is 3.57. The molecule has 0 atom stereocenters. The van der Waals surface area contributed by atoms with Crippen LogP contribution in [0.15, 0.2) is 29.2 Å². The topological polar surface area (TPSA) is 58.2 Å². The Kier molecular flexibility index (Phi) is 5.97. The van der Waals surface area contributed by atoms with E-state index in [1.165, 1.54) is 0 Å². The number of hydrogen-bond donors (Lipinski definition) is 2. The minimum Gasteiger partial charge on any atom is -0.316 e. The molecule has 0 amide bonds. The van der Waals surface area contributed by atoms with Gasteiger partial charge in [0.1, 0.15) is 0 Å². The number of rotatable bonds is 7. The van der Waals surface area contributed by atoms with Crippen molar-refractivity contribution < 1.29 is 8.42 Å². The lowest BCUT2D eigenvalue weighted by Crippen LogP contribution is -2.26. The summed E-state index contributed by atoms with van der Waals surface area (Å²) in [6.07, 6.45) is 1.95. The van der Waals surface area contributed by atoms with Gasteiger partial charge in [0.05, 0.1) is 4.90 Å². The van der Waals surface area contributed by atoms with Gasteiger partial charge in [0.25, 0.3) is 0 Å². The predicted octanol–water partition coefficient (Wildman–Crippen LogP) is 1.05. The molecule has 0 aliphatic carbocycles. The molecular formula is C11H18N2O2S2. The van der Waals surface area contributed by atoms with Gasteiger partial charge >= 0.3 is 0 Å². The first-order valence-corrected chi connectivity index (χ1v) is 8.20. The van der Waals surface area contributed by atoms with Gasteiger partial charge in [0.15, 0.2) is 0 Å². The molecule has 0 aliphatic rings. The van der Waals surface area contributed by atoms with Crippen LogP contribution >= 0.6 is 11.8 Å². The first-order valence-electron chi connectivity index (χ1n) is 5.32. The molecule has 1 aromatic carbocycles. The van der Waals surface area contributed by atoms with Gasteiger partial charge in [-0.25, -0.2) is 13.1 Å². The summed E-state index contributed by atoms with van der Waals surface area (Å²) < 4.78 is 26.4. The number of hydrogen-bond acceptors (Lipinski definition) is 4. The lowest BCUT2D eigenvalue weighted by atomic mass is 10.2. The van der Waals surface area contributed by atoms with Crippen LogP contribution in [0.3, 0.4) is 0 Å². The maximum atomic E-state index is 11.9. The monoisotopic (exact) mass is 274 g/mol. The van der Waals surface area contributed by atoms with Crippen molar-refractivity contribution in [2.24, 2.45) is 0 Å². The molecule has 4 nitrogen and oxygen atoms in total. The SMILES string of the molecule is CNCc1cccc(S(=O)(=O)NCCSC)c1. The van der Waals surface area contributed by atoms with Gasteiger partial charge in [0, 0.05) is 18.8 Å². The highest BCUT2D eigenvalue weighted by atomic mass is 32.2. The lowest BCUT2D eigenvalue weighted by Gasteiger charge is -2.07. The Balaban J connectivity index is 2.79. The highest BCUT2D eigenvalue weighted by Gasteiger charge is 2.13. The predicted molar refractivity (Wildman–Crippen MR) is 72.8 cm³/mol. The van der Waals surface area contributed by atoms with Crippen LogP contribution in [0.2, 0.25) is 0 Å². The molecule has 0 aromatic heterocycles. The molecule has 1 rings (SSSR count). The smallest absolute Gasteiger partial charge is 0.240 e. The highest BCUT2D eigenvalue weighted by Crippen LogP contribution is 2.11. The molecule has 0 saturated carbocycles. The first-order chi connectivity index (χ1) is 8.10. The van der Waals surface area contributed by atoms with Gasteiger partial charge in [-0.15, -0.1) is 0 Å². The second-order valence-corrected chi connectivity index (χ2v) is 6.32. The lowest BCUT2D eigenvalue weighted by molar-refractivity contribution is 0.584. The standard InChI is InChI=1S/C11H18N2O2S2/c1-12-9-10-4-3-5-11(8-10)17(14,15)13-6-7-16-2/h3-5,8,12-13H,6-7,9H2,1-2H3. The molecule has 2 N–H and O–H groups in total. The van der Waals surface area contributed by atoms with Crippen LogP contribution in [0.25, 0.3) is 0 Å². The summed E-state index contributed by atoms with van der Waals surface area (Å²) in [7, 11) is -1.53. The summed E-state index contributed by atoms with van der Waals surface area (Å²) in [5.74, 6) is 0.773. The molecule has 6 heteroatoms. The maximum absolute atomic E-state index is 11.9. The number of benzene rings is 1. The van der Waals surface area contributed by atoms with E-state index in [0.29, 0.717) is 18.0 Å². The van der Waals surface area contributed by atoms with Crippen LogP contribution in [0.4, 0.5) is 0 Å². The summed E-state index contributed by atoms with van der Waals surface area (Å²) in [5, 5.41) is 3.00. The Bertz CT molecular complexity index is 447. The third-order valence-corrected chi connectivity index (χ3v) is 4.26. The third-order valence-electron chi connectivity index (χ3n) is 2.19. The molecule has 96 valence electrons. The Morgan fingerprint density at radius 3 is 2.76 bits per heavy atom. The van der Waals surface area contributed by atoms with Crippen LogP contribution < -0.4 is 10.0 Å². The van der Waals surface area contributed by atoms with Crippen molar-refractivity contribution in [2.75, 3.05) is 25.6 Å². The number of nitrogens with one attached hydrogen (secondary N) is 2. The zero-order valence-electron chi connectivity index (χ0n) is 10.1. The van der Waals surface area contributed by atoms with Crippen LogP contribution in [-0.4, -0.2) is 34.0 Å². The quantitative estimate of drug-likeness (QED) is 0.730. The normalized spacial score (nSPS) is 11.6. The van der Waals surface area contributed by atoms with Crippen molar-refractivity contribution in [2.45, 2.75) is 11.4 Å². The van der Waals surface area contributed by atoms with E-state index >= 15 is 0 Å². The molecule has 0 unspecified atom stereocenters. The van der Waals surface area contributed by atoms with Gasteiger partial charge < -0.3 is 5.32 Å². The van der Waals surface area contributed by atoms with E-state index in [-0.39, 0.29) is 0 Å². The molecular weight excluding hydrogens is 256 g/mol. The molecule has 0 aliphatic heterocycles. The van der Waals surface area contributed by atoms with Crippen molar-refractivity contribution in [1.82, 2.24) is 10.0 Å². The number of thioether (sulfide) groups is 1. The molecule has 0 fully saturated rings.